The average Bonchev–Trinajstić information content (AvgIpc) is 2.80. The monoisotopic (exact) mass is 307 g/mol. The van der Waals surface area contributed by atoms with Gasteiger partial charge in [-0.25, -0.2) is 0 Å². The van der Waals surface area contributed by atoms with E-state index in [4.69, 9.17) is 5.11 Å². The topological polar surface area (TPSA) is 57.6 Å². The van der Waals surface area contributed by atoms with Crippen molar-refractivity contribution in [1.82, 2.24) is 4.90 Å². The Morgan fingerprint density at radius 1 is 1.33 bits per heavy atom. The molecule has 0 fully saturated rings. The summed E-state index contributed by atoms with van der Waals surface area (Å²) in [6.45, 7) is 6.09. The zero-order valence-corrected chi connectivity index (χ0v) is 13.4. The number of carboxylic acids is 1. The van der Waals surface area contributed by atoms with Crippen LogP contribution in [0.1, 0.15) is 32.8 Å². The zero-order valence-electron chi connectivity index (χ0n) is 12.6. The summed E-state index contributed by atoms with van der Waals surface area (Å²) in [7, 11) is 0. The molecular formula is C16H21NO3S. The third-order valence-electron chi connectivity index (χ3n) is 3.55. The van der Waals surface area contributed by atoms with Gasteiger partial charge in [-0.2, -0.15) is 0 Å². The van der Waals surface area contributed by atoms with Gasteiger partial charge in [0.2, 0.25) is 5.91 Å². The molecule has 0 spiro atoms. The highest BCUT2D eigenvalue weighted by molar-refractivity contribution is 8.01. The molecule has 1 aliphatic heterocycles. The minimum Gasteiger partial charge on any atom is -0.481 e. The highest BCUT2D eigenvalue weighted by Gasteiger charge is 2.35. The Bertz CT molecular complexity index is 526. The molecule has 1 atom stereocenters. The van der Waals surface area contributed by atoms with E-state index in [1.807, 2.05) is 45.0 Å². The van der Waals surface area contributed by atoms with Crippen LogP contribution >= 0.6 is 11.8 Å². The first-order chi connectivity index (χ1) is 9.79. The molecule has 114 valence electrons. The first kappa shape index (κ1) is 15.9. The van der Waals surface area contributed by atoms with E-state index in [1.165, 1.54) is 5.56 Å². The van der Waals surface area contributed by atoms with Crippen molar-refractivity contribution in [3.8, 4) is 0 Å². The molecule has 1 aliphatic rings. The molecule has 1 unspecified atom stereocenters. The fourth-order valence-electron chi connectivity index (χ4n) is 2.48. The average molecular weight is 307 g/mol. The van der Waals surface area contributed by atoms with Gasteiger partial charge in [-0.15, -0.1) is 11.8 Å². The molecule has 0 bridgehead atoms. The number of aliphatic carboxylic acids is 1. The molecular weight excluding hydrogens is 286 g/mol. The highest BCUT2D eigenvalue weighted by Crippen LogP contribution is 2.38. The second kappa shape index (κ2) is 6.10. The number of hydrogen-bond donors (Lipinski definition) is 1. The van der Waals surface area contributed by atoms with Crippen LogP contribution in [0.3, 0.4) is 0 Å². The second-order valence-electron chi connectivity index (χ2n) is 6.22. The number of rotatable bonds is 4. The lowest BCUT2D eigenvalue weighted by Crippen LogP contribution is -2.50. The van der Waals surface area contributed by atoms with Gasteiger partial charge in [0, 0.05) is 17.0 Å². The van der Waals surface area contributed by atoms with Gasteiger partial charge in [0.25, 0.3) is 0 Å². The van der Waals surface area contributed by atoms with Crippen LogP contribution in [0.4, 0.5) is 0 Å². The fourth-order valence-corrected chi connectivity index (χ4v) is 3.73. The largest absolute Gasteiger partial charge is 0.481 e. The van der Waals surface area contributed by atoms with Gasteiger partial charge in [-0.1, -0.05) is 18.2 Å². The lowest BCUT2D eigenvalue weighted by atomic mass is 10.0. The van der Waals surface area contributed by atoms with E-state index in [0.717, 1.165) is 11.3 Å². The Morgan fingerprint density at radius 3 is 2.57 bits per heavy atom. The van der Waals surface area contributed by atoms with E-state index in [2.05, 4.69) is 0 Å². The Balaban J connectivity index is 2.11. The van der Waals surface area contributed by atoms with Crippen molar-refractivity contribution in [2.24, 2.45) is 0 Å². The van der Waals surface area contributed by atoms with Crippen LogP contribution in [0.2, 0.25) is 0 Å². The molecule has 2 rings (SSSR count). The van der Waals surface area contributed by atoms with E-state index in [9.17, 15) is 9.59 Å². The number of carboxylic acid groups (broad SMARTS) is 1. The van der Waals surface area contributed by atoms with E-state index in [1.54, 1.807) is 16.7 Å². The van der Waals surface area contributed by atoms with E-state index in [-0.39, 0.29) is 29.7 Å². The van der Waals surface area contributed by atoms with Crippen molar-refractivity contribution in [1.29, 1.82) is 0 Å². The maximum absolute atomic E-state index is 12.8. The fraction of sp³-hybridized carbons (Fsp3) is 0.500. The molecule has 0 aromatic heterocycles. The molecule has 1 aromatic rings. The zero-order chi connectivity index (χ0) is 15.6. The van der Waals surface area contributed by atoms with E-state index >= 15 is 0 Å². The molecule has 0 saturated carbocycles. The molecule has 21 heavy (non-hydrogen) atoms. The lowest BCUT2D eigenvalue weighted by Gasteiger charge is -2.37. The molecule has 1 aromatic carbocycles. The number of nitrogens with zero attached hydrogens (tertiary/aromatic N) is 1. The quantitative estimate of drug-likeness (QED) is 0.929. The maximum Gasteiger partial charge on any atom is 0.305 e. The van der Waals surface area contributed by atoms with Crippen molar-refractivity contribution in [2.75, 3.05) is 6.54 Å². The van der Waals surface area contributed by atoms with Gasteiger partial charge < -0.3 is 10.0 Å². The number of thioether (sulfide) groups is 1. The number of carbonyl (C=O) groups is 2. The molecule has 1 heterocycles. The van der Waals surface area contributed by atoms with E-state index < -0.39 is 5.97 Å². The molecule has 1 amide bonds. The summed E-state index contributed by atoms with van der Waals surface area (Å²) in [6.07, 6.45) is 0.701. The maximum atomic E-state index is 12.8. The Kier molecular flexibility index (Phi) is 4.61. The summed E-state index contributed by atoms with van der Waals surface area (Å²) in [6, 6.07) is 8.04. The van der Waals surface area contributed by atoms with Gasteiger partial charge >= 0.3 is 5.97 Å². The third kappa shape index (κ3) is 3.79. The molecule has 1 N–H and O–H groups in total. The molecule has 0 radical (unpaired) electrons. The first-order valence-electron chi connectivity index (χ1n) is 7.07. The van der Waals surface area contributed by atoms with Gasteiger partial charge in [-0.3, -0.25) is 9.59 Å². The minimum absolute atomic E-state index is 0.0205. The summed E-state index contributed by atoms with van der Waals surface area (Å²) in [5, 5.41) is 8.73. The minimum atomic E-state index is -0.876. The summed E-state index contributed by atoms with van der Waals surface area (Å²) >= 11 is 1.58. The Hall–Kier alpha value is -1.49. The Labute approximate surface area is 129 Å². The van der Waals surface area contributed by atoms with Crippen LogP contribution in [-0.2, 0) is 16.0 Å². The third-order valence-corrected chi connectivity index (χ3v) is 4.85. The number of amides is 1. The molecule has 0 saturated heterocycles. The summed E-state index contributed by atoms with van der Waals surface area (Å²) in [5.41, 5.74) is 0.829. The van der Waals surface area contributed by atoms with Crippen LogP contribution < -0.4 is 0 Å². The normalized spacial score (nSPS) is 17.4. The van der Waals surface area contributed by atoms with Crippen molar-refractivity contribution < 1.29 is 14.7 Å². The summed E-state index contributed by atoms with van der Waals surface area (Å²) in [5.74, 6) is -0.843. The number of hydrogen-bond acceptors (Lipinski definition) is 3. The molecule has 4 nitrogen and oxygen atoms in total. The van der Waals surface area contributed by atoms with Crippen LogP contribution in [0.15, 0.2) is 29.2 Å². The molecule has 0 aliphatic carbocycles. The first-order valence-corrected chi connectivity index (χ1v) is 7.95. The predicted octanol–water partition coefficient (Wildman–Crippen LogP) is 2.81. The highest BCUT2D eigenvalue weighted by atomic mass is 32.2. The van der Waals surface area contributed by atoms with E-state index in [0.29, 0.717) is 0 Å². The SMILES string of the molecule is CC(C)(C)N(CCC(=O)O)C(=O)C1Cc2ccccc2S1. The second-order valence-corrected chi connectivity index (χ2v) is 7.47. The van der Waals surface area contributed by atoms with Crippen molar-refractivity contribution >= 4 is 23.6 Å². The van der Waals surface area contributed by atoms with Crippen LogP contribution in [-0.4, -0.2) is 39.2 Å². The van der Waals surface area contributed by atoms with Crippen molar-refractivity contribution in [3.05, 3.63) is 29.8 Å². The van der Waals surface area contributed by atoms with Crippen LogP contribution in [0.25, 0.3) is 0 Å². The standard InChI is InChI=1S/C16H21NO3S/c1-16(2,3)17(9-8-14(18)19)15(20)13-10-11-6-4-5-7-12(11)21-13/h4-7,13H,8-10H2,1-3H3,(H,18,19). The van der Waals surface area contributed by atoms with Crippen LogP contribution in [0, 0.1) is 0 Å². The summed E-state index contributed by atoms with van der Waals surface area (Å²) < 4.78 is 0. The molecule has 5 heteroatoms. The Morgan fingerprint density at radius 2 is 2.00 bits per heavy atom. The van der Waals surface area contributed by atoms with Gasteiger partial charge in [0.05, 0.1) is 11.7 Å². The lowest BCUT2D eigenvalue weighted by molar-refractivity contribution is -0.140. The van der Waals surface area contributed by atoms with Crippen LogP contribution in [0.5, 0.6) is 0 Å². The summed E-state index contributed by atoms with van der Waals surface area (Å²) in [4.78, 5) is 26.4. The van der Waals surface area contributed by atoms with Crippen molar-refractivity contribution in [3.63, 3.8) is 0 Å². The van der Waals surface area contributed by atoms with Gasteiger partial charge in [0.15, 0.2) is 0 Å². The number of fused-ring (bicyclic) bond motifs is 1. The van der Waals surface area contributed by atoms with Gasteiger partial charge in [0.1, 0.15) is 0 Å². The number of carbonyl (C=O) groups excluding carboxylic acids is 1. The predicted molar refractivity (Wildman–Crippen MR) is 83.5 cm³/mol. The number of benzene rings is 1. The van der Waals surface area contributed by atoms with Crippen molar-refractivity contribution in [2.45, 2.75) is 49.3 Å². The van der Waals surface area contributed by atoms with Gasteiger partial charge in [-0.05, 0) is 38.8 Å². The smallest absolute Gasteiger partial charge is 0.305 e.